The minimum atomic E-state index is -0.474. The molecule has 0 radical (unpaired) electrons. The Morgan fingerprint density at radius 1 is 1.22 bits per heavy atom. The second kappa shape index (κ2) is 9.33. The Hall–Kier alpha value is -3.50. The lowest BCUT2D eigenvalue weighted by atomic mass is 10.1. The molecule has 1 heterocycles. The van der Waals surface area contributed by atoms with Crippen molar-refractivity contribution in [3.8, 4) is 23.1 Å². The third kappa shape index (κ3) is 4.71. The van der Waals surface area contributed by atoms with E-state index in [0.29, 0.717) is 29.5 Å². The summed E-state index contributed by atoms with van der Waals surface area (Å²) >= 11 is 0. The number of nitrogens with zero attached hydrogens (tertiary/aromatic N) is 2. The number of nitriles is 1. The van der Waals surface area contributed by atoms with Gasteiger partial charge in [-0.25, -0.2) is 4.79 Å². The second-order valence-corrected chi connectivity index (χ2v) is 8.51. The van der Waals surface area contributed by atoms with E-state index in [9.17, 15) is 10.1 Å². The van der Waals surface area contributed by atoms with Crippen LogP contribution in [0, 0.1) is 23.2 Å². The third-order valence-electron chi connectivity index (χ3n) is 5.42. The van der Waals surface area contributed by atoms with Gasteiger partial charge in [0.05, 0.1) is 30.5 Å². The maximum absolute atomic E-state index is 12.0. The molecular formula is C25H27N3O4. The van der Waals surface area contributed by atoms with Gasteiger partial charge in [-0.15, -0.1) is 0 Å². The monoisotopic (exact) mass is 433 g/mol. The van der Waals surface area contributed by atoms with Gasteiger partial charge in [0.2, 0.25) is 0 Å². The largest absolute Gasteiger partial charge is 0.449 e. The number of hydrogen-bond donors (Lipinski definition) is 1. The first-order valence-electron chi connectivity index (χ1n) is 10.8. The Bertz CT molecular complexity index is 1150. The fraction of sp³-hybridized carbons (Fsp3) is 0.360. The van der Waals surface area contributed by atoms with E-state index in [1.165, 1.54) is 20.0 Å². The van der Waals surface area contributed by atoms with Gasteiger partial charge in [-0.1, -0.05) is 26.0 Å². The molecule has 166 valence electrons. The van der Waals surface area contributed by atoms with Crippen LogP contribution in [0.2, 0.25) is 0 Å². The highest BCUT2D eigenvalue weighted by Crippen LogP contribution is 2.39. The van der Waals surface area contributed by atoms with Crippen LogP contribution in [0.4, 0.5) is 10.5 Å². The SMILES string of the molecule is COOc1ccc2c(C#N)c(-c3ccc(NC(=O)OCC(C)C)cc3)n(CC3CC3)c2c1. The minimum absolute atomic E-state index is 0.274. The molecule has 0 bridgehead atoms. The number of aromatic nitrogens is 1. The van der Waals surface area contributed by atoms with Gasteiger partial charge in [-0.3, -0.25) is 5.32 Å². The van der Waals surface area contributed by atoms with Crippen molar-refractivity contribution in [2.75, 3.05) is 19.0 Å². The van der Waals surface area contributed by atoms with Crippen molar-refractivity contribution < 1.29 is 19.3 Å². The fourth-order valence-corrected chi connectivity index (χ4v) is 3.75. The van der Waals surface area contributed by atoms with Crippen molar-refractivity contribution in [2.24, 2.45) is 11.8 Å². The van der Waals surface area contributed by atoms with E-state index in [4.69, 9.17) is 14.5 Å². The zero-order chi connectivity index (χ0) is 22.7. The normalized spacial score (nSPS) is 13.2. The average molecular weight is 434 g/mol. The molecule has 7 heteroatoms. The molecule has 0 saturated heterocycles. The molecule has 0 unspecified atom stereocenters. The molecule has 1 aliphatic carbocycles. The first kappa shape index (κ1) is 21.7. The zero-order valence-corrected chi connectivity index (χ0v) is 18.6. The van der Waals surface area contributed by atoms with Crippen molar-refractivity contribution in [3.05, 3.63) is 48.0 Å². The Balaban J connectivity index is 1.69. The maximum Gasteiger partial charge on any atom is 0.411 e. The number of carbonyl (C=O) groups is 1. The highest BCUT2D eigenvalue weighted by Gasteiger charge is 2.26. The fourth-order valence-electron chi connectivity index (χ4n) is 3.75. The van der Waals surface area contributed by atoms with E-state index in [1.807, 2.05) is 50.2 Å². The quantitative estimate of drug-likeness (QED) is 0.362. The first-order valence-corrected chi connectivity index (χ1v) is 10.8. The summed E-state index contributed by atoms with van der Waals surface area (Å²) in [6, 6.07) is 15.5. The molecule has 32 heavy (non-hydrogen) atoms. The Labute approximate surface area is 187 Å². The van der Waals surface area contributed by atoms with Gasteiger partial charge < -0.3 is 14.2 Å². The van der Waals surface area contributed by atoms with Gasteiger partial charge in [-0.2, -0.15) is 10.1 Å². The number of carbonyl (C=O) groups excluding carboxylic acids is 1. The van der Waals surface area contributed by atoms with Crippen LogP contribution < -0.4 is 10.2 Å². The standard InChI is InChI=1S/C25H27N3O4/c1-16(2)15-31-25(29)27-19-8-6-18(7-9-19)24-22(13-26)21-11-10-20(32-30-3)12-23(21)28(24)14-17-4-5-17/h6-12,16-17H,4-5,14-15H2,1-3H3,(H,27,29). The van der Waals surface area contributed by atoms with Crippen molar-refractivity contribution >= 4 is 22.7 Å². The Morgan fingerprint density at radius 3 is 2.59 bits per heavy atom. The van der Waals surface area contributed by atoms with Crippen LogP contribution in [0.5, 0.6) is 5.75 Å². The molecule has 1 saturated carbocycles. The maximum atomic E-state index is 12.0. The van der Waals surface area contributed by atoms with E-state index < -0.39 is 6.09 Å². The summed E-state index contributed by atoms with van der Waals surface area (Å²) in [6.45, 7) is 5.18. The van der Waals surface area contributed by atoms with E-state index >= 15 is 0 Å². The smallest absolute Gasteiger partial charge is 0.411 e. The van der Waals surface area contributed by atoms with Gasteiger partial charge in [0.25, 0.3) is 0 Å². The number of amides is 1. The lowest BCUT2D eigenvalue weighted by Gasteiger charge is -2.12. The van der Waals surface area contributed by atoms with E-state index in [1.54, 1.807) is 6.07 Å². The summed E-state index contributed by atoms with van der Waals surface area (Å²) in [5.41, 5.74) is 3.99. The van der Waals surface area contributed by atoms with Gasteiger partial charge in [-0.05, 0) is 54.5 Å². The number of ether oxygens (including phenoxy) is 1. The molecule has 0 spiro atoms. The van der Waals surface area contributed by atoms with Crippen molar-refractivity contribution in [1.82, 2.24) is 4.57 Å². The van der Waals surface area contributed by atoms with E-state index in [0.717, 1.165) is 28.7 Å². The summed E-state index contributed by atoms with van der Waals surface area (Å²) in [7, 11) is 1.47. The van der Waals surface area contributed by atoms with Gasteiger partial charge in [0.1, 0.15) is 6.07 Å². The molecule has 1 amide bonds. The predicted octanol–water partition coefficient (Wildman–Crippen LogP) is 5.73. The first-order chi connectivity index (χ1) is 15.5. The molecule has 1 aliphatic rings. The highest BCUT2D eigenvalue weighted by molar-refractivity contribution is 5.95. The number of nitrogens with one attached hydrogen (secondary N) is 1. The van der Waals surface area contributed by atoms with Crippen LogP contribution in [-0.2, 0) is 16.2 Å². The summed E-state index contributed by atoms with van der Waals surface area (Å²) in [5, 5.41) is 13.6. The molecule has 0 aliphatic heterocycles. The lowest BCUT2D eigenvalue weighted by molar-refractivity contribution is -0.178. The van der Waals surface area contributed by atoms with Crippen molar-refractivity contribution in [1.29, 1.82) is 5.26 Å². The van der Waals surface area contributed by atoms with E-state index in [2.05, 4.69) is 16.0 Å². The average Bonchev–Trinajstić information content (AvgIpc) is 3.55. The molecule has 0 atom stereocenters. The molecule has 3 aromatic rings. The van der Waals surface area contributed by atoms with Crippen LogP contribution in [0.3, 0.4) is 0 Å². The Kier molecular flexibility index (Phi) is 6.33. The molecule has 7 nitrogen and oxygen atoms in total. The number of fused-ring (bicyclic) bond motifs is 1. The number of benzene rings is 2. The molecule has 1 N–H and O–H groups in total. The summed E-state index contributed by atoms with van der Waals surface area (Å²) in [6.07, 6.45) is 1.91. The molecule has 1 aromatic heterocycles. The molecule has 4 rings (SSSR count). The van der Waals surface area contributed by atoms with Crippen LogP contribution in [0.25, 0.3) is 22.2 Å². The zero-order valence-electron chi connectivity index (χ0n) is 18.6. The Morgan fingerprint density at radius 2 is 1.97 bits per heavy atom. The lowest BCUT2D eigenvalue weighted by Crippen LogP contribution is -2.16. The van der Waals surface area contributed by atoms with Crippen molar-refractivity contribution in [2.45, 2.75) is 33.2 Å². The van der Waals surface area contributed by atoms with Crippen molar-refractivity contribution in [3.63, 3.8) is 0 Å². The molecular weight excluding hydrogens is 406 g/mol. The second-order valence-electron chi connectivity index (χ2n) is 8.51. The van der Waals surface area contributed by atoms with E-state index in [-0.39, 0.29) is 5.92 Å². The van der Waals surface area contributed by atoms with Crippen LogP contribution in [0.15, 0.2) is 42.5 Å². The summed E-state index contributed by atoms with van der Waals surface area (Å²) in [4.78, 5) is 22.0. The molecule has 2 aromatic carbocycles. The molecule has 1 fully saturated rings. The van der Waals surface area contributed by atoms with Crippen LogP contribution >= 0.6 is 0 Å². The number of hydrogen-bond acceptors (Lipinski definition) is 5. The van der Waals surface area contributed by atoms with Crippen LogP contribution in [-0.4, -0.2) is 24.4 Å². The number of anilines is 1. The minimum Gasteiger partial charge on any atom is -0.449 e. The van der Waals surface area contributed by atoms with Crippen LogP contribution in [0.1, 0.15) is 32.3 Å². The summed E-state index contributed by atoms with van der Waals surface area (Å²) < 4.78 is 7.38. The topological polar surface area (TPSA) is 85.5 Å². The highest BCUT2D eigenvalue weighted by atomic mass is 17.2. The predicted molar refractivity (Wildman–Crippen MR) is 122 cm³/mol. The van der Waals surface area contributed by atoms with Gasteiger partial charge in [0, 0.05) is 23.7 Å². The third-order valence-corrected chi connectivity index (χ3v) is 5.42. The van der Waals surface area contributed by atoms with Gasteiger partial charge >= 0.3 is 6.09 Å². The summed E-state index contributed by atoms with van der Waals surface area (Å²) in [5.74, 6) is 1.47. The van der Waals surface area contributed by atoms with Gasteiger partial charge in [0.15, 0.2) is 5.75 Å². The number of rotatable bonds is 8.